The van der Waals surface area contributed by atoms with Crippen LogP contribution in [0.4, 0.5) is 15.3 Å². The summed E-state index contributed by atoms with van der Waals surface area (Å²) in [6, 6.07) is 6.87. The fraction of sp³-hybridized carbons (Fsp3) is 0.615. The number of piperidine rings is 1. The molecule has 3 saturated heterocycles. The van der Waals surface area contributed by atoms with Gasteiger partial charge in [0.1, 0.15) is 18.0 Å². The van der Waals surface area contributed by atoms with E-state index in [4.69, 9.17) is 19.6 Å². The maximum absolute atomic E-state index is 12.5. The Hall–Kier alpha value is -3.22. The Kier molecular flexibility index (Phi) is 9.53. The molecule has 12 heteroatoms. The van der Waals surface area contributed by atoms with E-state index in [1.807, 2.05) is 7.05 Å². The Morgan fingerprint density at radius 3 is 2.37 bits per heavy atom. The summed E-state index contributed by atoms with van der Waals surface area (Å²) in [7, 11) is 2.04. The van der Waals surface area contributed by atoms with E-state index in [0.29, 0.717) is 37.5 Å². The average Bonchev–Trinajstić information content (AvgIpc) is 3.26. The number of hydrogen-bond acceptors (Lipinski definition) is 10. The average molecular weight is 531 g/mol. The van der Waals surface area contributed by atoms with Gasteiger partial charge in [0.25, 0.3) is 0 Å². The Labute approximate surface area is 223 Å². The first-order valence-electron chi connectivity index (χ1n) is 13.2. The number of rotatable bonds is 8. The molecule has 0 radical (unpaired) electrons. The van der Waals surface area contributed by atoms with Gasteiger partial charge in [-0.25, -0.2) is 9.59 Å². The highest BCUT2D eigenvalue weighted by molar-refractivity contribution is 6.04. The maximum atomic E-state index is 12.5. The van der Waals surface area contributed by atoms with E-state index in [9.17, 15) is 14.4 Å². The molecule has 1 aromatic rings. The van der Waals surface area contributed by atoms with Gasteiger partial charge in [-0.3, -0.25) is 30.2 Å². The largest absolute Gasteiger partial charge is 0.465 e. The Morgan fingerprint density at radius 2 is 1.71 bits per heavy atom. The Balaban J connectivity index is 1.21. The van der Waals surface area contributed by atoms with E-state index in [2.05, 4.69) is 20.0 Å². The zero-order chi connectivity index (χ0) is 27.1. The third-order valence-corrected chi connectivity index (χ3v) is 7.09. The quantitative estimate of drug-likeness (QED) is 0.221. The highest BCUT2D eigenvalue weighted by Gasteiger charge is 2.34. The number of benzene rings is 1. The van der Waals surface area contributed by atoms with Gasteiger partial charge >= 0.3 is 18.2 Å². The molecule has 1 aromatic carbocycles. The van der Waals surface area contributed by atoms with Crippen LogP contribution in [0.1, 0.15) is 25.3 Å². The van der Waals surface area contributed by atoms with Crippen LogP contribution in [0.25, 0.3) is 0 Å². The van der Waals surface area contributed by atoms with Crippen molar-refractivity contribution in [2.75, 3.05) is 77.5 Å². The van der Waals surface area contributed by atoms with Gasteiger partial charge in [0.15, 0.2) is 0 Å². The van der Waals surface area contributed by atoms with Crippen LogP contribution in [0.2, 0.25) is 0 Å². The first kappa shape index (κ1) is 27.8. The number of anilines is 1. The number of alkyl carbamates (subject to hydrolysis) is 1. The molecule has 12 nitrogen and oxygen atoms in total. The zero-order valence-corrected chi connectivity index (χ0v) is 22.2. The van der Waals surface area contributed by atoms with Crippen molar-refractivity contribution in [1.29, 1.82) is 5.41 Å². The molecule has 208 valence electrons. The molecule has 2 N–H and O–H groups in total. The van der Waals surface area contributed by atoms with Crippen LogP contribution >= 0.6 is 0 Å². The number of amidine groups is 1. The Morgan fingerprint density at radius 1 is 1.05 bits per heavy atom. The number of likely N-dealkylation sites (tertiary alicyclic amines) is 1. The maximum Gasteiger partial charge on any atom is 0.414 e. The lowest BCUT2D eigenvalue weighted by molar-refractivity contribution is -0.144. The second-order valence-electron chi connectivity index (χ2n) is 9.95. The van der Waals surface area contributed by atoms with E-state index < -0.39 is 12.2 Å². The number of ether oxygens (including phenoxy) is 3. The zero-order valence-electron chi connectivity index (χ0n) is 22.2. The second-order valence-corrected chi connectivity index (χ2v) is 9.95. The number of carbonyl (C=O) groups excluding carboxylic acids is 3. The summed E-state index contributed by atoms with van der Waals surface area (Å²) in [5.41, 5.74) is 1.18. The molecule has 0 aromatic heterocycles. The number of nitrogens with zero attached hydrogens (tertiary/aromatic N) is 4. The minimum absolute atomic E-state index is 0.0570. The number of hydrogen-bond donors (Lipinski definition) is 2. The van der Waals surface area contributed by atoms with E-state index in [0.717, 1.165) is 52.1 Å². The van der Waals surface area contributed by atoms with Crippen molar-refractivity contribution < 1.29 is 28.6 Å². The molecular weight excluding hydrogens is 492 g/mol. The van der Waals surface area contributed by atoms with Gasteiger partial charge in [-0.15, -0.1) is 0 Å². The monoisotopic (exact) mass is 530 g/mol. The molecule has 3 aliphatic rings. The molecule has 1 atom stereocenters. The molecule has 0 aliphatic carbocycles. The first-order valence-corrected chi connectivity index (χ1v) is 13.2. The van der Waals surface area contributed by atoms with Gasteiger partial charge < -0.3 is 19.1 Å². The van der Waals surface area contributed by atoms with Crippen molar-refractivity contribution in [2.24, 2.45) is 0 Å². The van der Waals surface area contributed by atoms with Gasteiger partial charge in [-0.2, -0.15) is 0 Å². The molecular formula is C26H38N6O6. The van der Waals surface area contributed by atoms with Gasteiger partial charge in [-0.05, 0) is 51.1 Å². The molecule has 4 rings (SSSR count). The number of piperazine rings is 1. The number of nitrogens with one attached hydrogen (secondary N) is 2. The minimum atomic E-state index is -0.624. The first-order chi connectivity index (χ1) is 18.3. The molecule has 0 spiro atoms. The highest BCUT2D eigenvalue weighted by Crippen LogP contribution is 2.23. The predicted octanol–water partition coefficient (Wildman–Crippen LogP) is 1.34. The van der Waals surface area contributed by atoms with Crippen LogP contribution in [-0.2, 0) is 19.0 Å². The third kappa shape index (κ3) is 7.65. The molecule has 0 bridgehead atoms. The molecule has 38 heavy (non-hydrogen) atoms. The minimum Gasteiger partial charge on any atom is -0.465 e. The van der Waals surface area contributed by atoms with E-state index in [1.54, 1.807) is 36.1 Å². The normalized spacial score (nSPS) is 21.7. The summed E-state index contributed by atoms with van der Waals surface area (Å²) in [5, 5.41) is 10.7. The van der Waals surface area contributed by atoms with Crippen molar-refractivity contribution >= 4 is 29.7 Å². The molecule has 3 heterocycles. The van der Waals surface area contributed by atoms with Crippen molar-refractivity contribution in [2.45, 2.75) is 32.0 Å². The Bertz CT molecular complexity index is 988. The van der Waals surface area contributed by atoms with E-state index in [-0.39, 0.29) is 24.0 Å². The van der Waals surface area contributed by atoms with Crippen LogP contribution in [-0.4, -0.2) is 123 Å². The van der Waals surface area contributed by atoms with Gasteiger partial charge in [0.05, 0.1) is 19.7 Å². The van der Waals surface area contributed by atoms with Crippen molar-refractivity contribution in [3.8, 4) is 0 Å². The number of amides is 2. The standard InChI is InChI=1S/C26H38N6O6/c1-3-36-23(33)18-31-14-12-30(13-15-31)16-22-17-32(26(35)38-22)20-6-4-19(5-7-20)24(27)28-25(34)37-21-8-10-29(2)11-9-21/h4-7,21-22H,3,8-18H2,1-2H3,(H2,27,28,34). The van der Waals surface area contributed by atoms with Crippen molar-refractivity contribution in [3.05, 3.63) is 29.8 Å². The lowest BCUT2D eigenvalue weighted by Gasteiger charge is -2.34. The van der Waals surface area contributed by atoms with Crippen LogP contribution in [0.5, 0.6) is 0 Å². The molecule has 0 saturated carbocycles. The SMILES string of the molecule is CCOC(=O)CN1CCN(CC2CN(c3ccc(C(=N)NC(=O)OC4CCN(C)CC4)cc3)C(=O)O2)CC1. The number of cyclic esters (lactones) is 1. The topological polar surface area (TPSA) is 128 Å². The highest BCUT2D eigenvalue weighted by atomic mass is 16.6. The summed E-state index contributed by atoms with van der Waals surface area (Å²) >= 11 is 0. The lowest BCUT2D eigenvalue weighted by atomic mass is 10.1. The summed E-state index contributed by atoms with van der Waals surface area (Å²) in [4.78, 5) is 44.5. The number of esters is 1. The van der Waals surface area contributed by atoms with Gasteiger partial charge in [0, 0.05) is 57.1 Å². The molecule has 1 unspecified atom stereocenters. The summed E-state index contributed by atoms with van der Waals surface area (Å²) in [5.74, 6) is -0.260. The second kappa shape index (κ2) is 13.0. The predicted molar refractivity (Wildman–Crippen MR) is 141 cm³/mol. The number of carbonyl (C=O) groups is 3. The molecule has 2 amide bonds. The van der Waals surface area contributed by atoms with Crippen LogP contribution < -0.4 is 10.2 Å². The van der Waals surface area contributed by atoms with Crippen LogP contribution in [0.15, 0.2) is 24.3 Å². The van der Waals surface area contributed by atoms with Crippen LogP contribution in [0, 0.1) is 5.41 Å². The van der Waals surface area contributed by atoms with Gasteiger partial charge in [-0.1, -0.05) is 0 Å². The van der Waals surface area contributed by atoms with Crippen molar-refractivity contribution in [1.82, 2.24) is 20.0 Å². The fourth-order valence-corrected chi connectivity index (χ4v) is 4.90. The lowest BCUT2D eigenvalue weighted by Crippen LogP contribution is -2.50. The third-order valence-electron chi connectivity index (χ3n) is 7.09. The van der Waals surface area contributed by atoms with Crippen LogP contribution in [0.3, 0.4) is 0 Å². The summed E-state index contributed by atoms with van der Waals surface area (Å²) < 4.78 is 16.1. The fourth-order valence-electron chi connectivity index (χ4n) is 4.90. The van der Waals surface area contributed by atoms with E-state index >= 15 is 0 Å². The van der Waals surface area contributed by atoms with Gasteiger partial charge in [0.2, 0.25) is 0 Å². The molecule has 3 fully saturated rings. The van der Waals surface area contributed by atoms with E-state index in [1.165, 1.54) is 0 Å². The van der Waals surface area contributed by atoms with Crippen molar-refractivity contribution in [3.63, 3.8) is 0 Å². The molecule has 3 aliphatic heterocycles. The summed E-state index contributed by atoms with van der Waals surface area (Å²) in [6.45, 7) is 8.40. The summed E-state index contributed by atoms with van der Waals surface area (Å²) in [6.07, 6.45) is 0.145. The smallest absolute Gasteiger partial charge is 0.414 e.